The van der Waals surface area contributed by atoms with Crippen LogP contribution in [0.15, 0.2) is 40.4 Å². The summed E-state index contributed by atoms with van der Waals surface area (Å²) < 4.78 is 0. The predicted molar refractivity (Wildman–Crippen MR) is 130 cm³/mol. The molecule has 1 aliphatic rings. The molecule has 1 aromatic rings. The summed E-state index contributed by atoms with van der Waals surface area (Å²) >= 11 is 0. The van der Waals surface area contributed by atoms with Crippen LogP contribution in [0.3, 0.4) is 0 Å². The van der Waals surface area contributed by atoms with E-state index in [-0.39, 0.29) is 33.2 Å². The minimum atomic E-state index is -0.313. The second kappa shape index (κ2) is 7.76. The maximum Gasteiger partial charge on any atom is 0.207 e. The lowest BCUT2D eigenvalue weighted by Gasteiger charge is -2.32. The smallest absolute Gasteiger partial charge is 0.207 e. The number of hydrogen-bond donors (Lipinski definition) is 0. The van der Waals surface area contributed by atoms with Gasteiger partial charge in [0, 0.05) is 5.57 Å². The molecule has 1 aliphatic carbocycles. The molecule has 0 atom stereocenters. The van der Waals surface area contributed by atoms with Crippen LogP contribution in [-0.4, -0.2) is 11.5 Å². The first-order valence-electron chi connectivity index (χ1n) is 11.2. The molecule has 0 unspecified atom stereocenters. The van der Waals surface area contributed by atoms with Crippen LogP contribution in [0.2, 0.25) is 0 Å². The fourth-order valence-electron chi connectivity index (χ4n) is 3.50. The van der Waals surface area contributed by atoms with Crippen LogP contribution >= 0.6 is 0 Å². The minimum absolute atomic E-state index is 0.0987. The number of hydrogen-bond acceptors (Lipinski definition) is 3. The van der Waals surface area contributed by atoms with Gasteiger partial charge in [-0.15, -0.1) is 0 Å². The van der Waals surface area contributed by atoms with Crippen molar-refractivity contribution in [2.75, 3.05) is 0 Å². The van der Waals surface area contributed by atoms with E-state index in [0.29, 0.717) is 11.4 Å². The molecule has 31 heavy (non-hydrogen) atoms. The topological polar surface area (TPSA) is 52.5 Å². The third-order valence-corrected chi connectivity index (χ3v) is 5.73. The summed E-state index contributed by atoms with van der Waals surface area (Å²) in [6, 6.07) is 3.86. The van der Waals surface area contributed by atoms with Crippen molar-refractivity contribution < 1.29 is 9.90 Å². The number of rotatable bonds is 1. The van der Waals surface area contributed by atoms with E-state index >= 15 is 0 Å². The van der Waals surface area contributed by atoms with Gasteiger partial charge >= 0.3 is 0 Å². The van der Waals surface area contributed by atoms with E-state index < -0.39 is 0 Å². The maximum absolute atomic E-state index is 13.4. The molecule has 3 heteroatoms. The van der Waals surface area contributed by atoms with E-state index in [9.17, 15) is 9.90 Å². The Kier molecular flexibility index (Phi) is 6.28. The van der Waals surface area contributed by atoms with Gasteiger partial charge in [0.15, 0.2) is 0 Å². The molecule has 0 radical (unpaired) electrons. The van der Waals surface area contributed by atoms with Crippen LogP contribution in [0.25, 0.3) is 0 Å². The third-order valence-electron chi connectivity index (χ3n) is 5.73. The van der Waals surface area contributed by atoms with Crippen molar-refractivity contribution in [1.82, 2.24) is 0 Å². The van der Waals surface area contributed by atoms with Gasteiger partial charge in [0.25, 0.3) is 0 Å². The van der Waals surface area contributed by atoms with E-state index in [1.54, 1.807) is 0 Å². The number of aliphatic imine (C=N–C) groups is 1. The second-order valence-corrected chi connectivity index (χ2v) is 12.9. The quantitative estimate of drug-likeness (QED) is 0.460. The van der Waals surface area contributed by atoms with Gasteiger partial charge in [0.2, 0.25) is 5.78 Å². The molecule has 0 bridgehead atoms. The lowest BCUT2D eigenvalue weighted by atomic mass is 9.74. The van der Waals surface area contributed by atoms with Crippen molar-refractivity contribution >= 4 is 17.2 Å². The van der Waals surface area contributed by atoms with Gasteiger partial charge in [0.05, 0.1) is 5.69 Å². The molecule has 0 saturated heterocycles. The van der Waals surface area contributed by atoms with Gasteiger partial charge in [-0.1, -0.05) is 101 Å². The van der Waals surface area contributed by atoms with Gasteiger partial charge in [-0.3, -0.25) is 4.79 Å². The Morgan fingerprint density at radius 2 is 1.26 bits per heavy atom. The van der Waals surface area contributed by atoms with Crippen molar-refractivity contribution in [3.8, 4) is 5.75 Å². The molecule has 0 aromatic heterocycles. The van der Waals surface area contributed by atoms with Gasteiger partial charge in [-0.2, -0.15) is 0 Å². The molecule has 0 N–H and O–H groups in total. The summed E-state index contributed by atoms with van der Waals surface area (Å²) in [7, 11) is 0. The molecule has 170 valence electrons. The Bertz CT molecular complexity index is 976. The lowest BCUT2D eigenvalue weighted by Crippen LogP contribution is -2.29. The highest BCUT2D eigenvalue weighted by Crippen LogP contribution is 2.41. The Labute approximate surface area is 189 Å². The average molecular weight is 423 g/mol. The summed E-state index contributed by atoms with van der Waals surface area (Å²) in [5.74, 6) is -0.197. The zero-order valence-electron chi connectivity index (χ0n) is 21.6. The fourth-order valence-corrected chi connectivity index (χ4v) is 3.50. The summed E-state index contributed by atoms with van der Waals surface area (Å²) in [6.45, 7) is 25.0. The van der Waals surface area contributed by atoms with Crippen LogP contribution in [-0.2, 0) is 15.6 Å². The van der Waals surface area contributed by atoms with Crippen molar-refractivity contribution in [1.29, 1.82) is 0 Å². The molecule has 2 rings (SSSR count). The number of ketones is 1. The molecule has 0 saturated carbocycles. The molecular formula is C28H40NO2-. The number of allylic oxidation sites excluding steroid dienone is 4. The molecule has 0 heterocycles. The molecule has 0 aliphatic heterocycles. The van der Waals surface area contributed by atoms with E-state index in [4.69, 9.17) is 4.99 Å². The van der Waals surface area contributed by atoms with Crippen LogP contribution < -0.4 is 5.11 Å². The van der Waals surface area contributed by atoms with E-state index in [0.717, 1.165) is 22.3 Å². The molecule has 1 aromatic carbocycles. The fraction of sp³-hybridized carbons (Fsp3) is 0.571. The Morgan fingerprint density at radius 3 is 1.68 bits per heavy atom. The lowest BCUT2D eigenvalue weighted by molar-refractivity contribution is -0.269. The Balaban J connectivity index is 2.82. The number of carbonyl (C=O) groups is 1. The van der Waals surface area contributed by atoms with Crippen molar-refractivity contribution in [2.45, 2.75) is 93.9 Å². The number of nitrogens with zero attached hydrogens (tertiary/aromatic N) is 1. The summed E-state index contributed by atoms with van der Waals surface area (Å²) in [6.07, 6.45) is 3.86. The first-order chi connectivity index (χ1) is 13.7. The summed E-state index contributed by atoms with van der Waals surface area (Å²) in [4.78, 5) is 18.1. The highest BCUT2D eigenvalue weighted by Gasteiger charge is 2.32. The first kappa shape index (κ1) is 25.1. The largest absolute Gasteiger partial charge is 0.871 e. The number of carbonyl (C=O) groups excluding carboxylic acids is 1. The van der Waals surface area contributed by atoms with Crippen molar-refractivity contribution in [3.63, 3.8) is 0 Å². The van der Waals surface area contributed by atoms with Gasteiger partial charge in [-0.25, -0.2) is 4.99 Å². The van der Waals surface area contributed by atoms with E-state index in [2.05, 4.69) is 41.5 Å². The monoisotopic (exact) mass is 422 g/mol. The van der Waals surface area contributed by atoms with Crippen LogP contribution in [0.5, 0.6) is 5.75 Å². The third kappa shape index (κ3) is 5.56. The molecule has 0 spiro atoms. The molecular weight excluding hydrogens is 382 g/mol. The second-order valence-electron chi connectivity index (χ2n) is 12.9. The molecule has 0 fully saturated rings. The van der Waals surface area contributed by atoms with E-state index in [1.807, 2.05) is 65.8 Å². The Hall–Kier alpha value is -2.16. The van der Waals surface area contributed by atoms with Crippen LogP contribution in [0.4, 0.5) is 5.69 Å². The highest BCUT2D eigenvalue weighted by atomic mass is 16.3. The van der Waals surface area contributed by atoms with Crippen molar-refractivity contribution in [2.24, 2.45) is 15.8 Å². The van der Waals surface area contributed by atoms with Crippen LogP contribution in [0, 0.1) is 10.8 Å². The van der Waals surface area contributed by atoms with E-state index in [1.165, 1.54) is 0 Å². The summed E-state index contributed by atoms with van der Waals surface area (Å²) in [5, 5.41) is 13.4. The molecule has 3 nitrogen and oxygen atoms in total. The maximum atomic E-state index is 13.4. The standard InChI is InChI=1S/C28H41NO2/c1-25(2,3)17-13-19(27(7,8)9)23(30)21(15-17)29-22-16-18(26(4,5)6)14-20(24(22)31)28(10,11)12/h13-16,30H,1-12H3/p-1. The molecule has 0 amide bonds. The number of Topliss-reactive ketones (excluding diaryl/α,β-unsaturated/α-hetero) is 1. The van der Waals surface area contributed by atoms with Gasteiger partial charge < -0.3 is 5.11 Å². The predicted octanol–water partition coefficient (Wildman–Crippen LogP) is 6.96. The zero-order chi connectivity index (χ0) is 24.2. The van der Waals surface area contributed by atoms with Gasteiger partial charge in [-0.05, 0) is 50.5 Å². The summed E-state index contributed by atoms with van der Waals surface area (Å²) in [5.41, 5.74) is 3.35. The number of benzene rings is 1. The van der Waals surface area contributed by atoms with Crippen LogP contribution in [0.1, 0.15) is 94.2 Å². The normalized spacial score (nSPS) is 17.7. The van der Waals surface area contributed by atoms with Crippen molar-refractivity contribution in [3.05, 3.63) is 46.6 Å². The van der Waals surface area contributed by atoms with Gasteiger partial charge in [0.1, 0.15) is 5.71 Å². The SMILES string of the molecule is CC(C)(C)C1=CC(=Nc2cc(C(C)(C)C)cc(C(C)(C)C)c2[O-])C(=O)C(C(C)(C)C)=C1. The zero-order valence-corrected chi connectivity index (χ0v) is 21.6. The Morgan fingerprint density at radius 1 is 0.710 bits per heavy atom. The highest BCUT2D eigenvalue weighted by molar-refractivity contribution is 6.51. The average Bonchev–Trinajstić information content (AvgIpc) is 2.53. The first-order valence-corrected chi connectivity index (χ1v) is 11.2. The minimum Gasteiger partial charge on any atom is -0.871 e.